The Bertz CT molecular complexity index is 670. The smallest absolute Gasteiger partial charge is 0.303 e. The molecule has 0 spiro atoms. The zero-order valence-electron chi connectivity index (χ0n) is 14.7. The number of carboxylic acids is 1. The summed E-state index contributed by atoms with van der Waals surface area (Å²) in [6.45, 7) is 1.94. The van der Waals surface area contributed by atoms with Crippen molar-refractivity contribution in [3.63, 3.8) is 0 Å². The molecular weight excluding hydrogens is 312 g/mol. The number of carboxylic acid groups (broad SMARTS) is 1. The van der Waals surface area contributed by atoms with Gasteiger partial charge in [0.25, 0.3) is 0 Å². The molecule has 132 valence electrons. The second-order valence-corrected chi connectivity index (χ2v) is 7.07. The van der Waals surface area contributed by atoms with Crippen LogP contribution in [0.2, 0.25) is 0 Å². The molecule has 1 fully saturated rings. The Hall–Kier alpha value is -2.29. The van der Waals surface area contributed by atoms with Crippen LogP contribution in [0.1, 0.15) is 62.0 Å². The van der Waals surface area contributed by atoms with Crippen molar-refractivity contribution in [2.45, 2.75) is 57.0 Å². The SMILES string of the molecule is CC(CC(=O)O)c1ccc(OC2CCC(c3ccccc3)CC2)cc1. The molecule has 0 aliphatic heterocycles. The first-order chi connectivity index (χ1) is 12.1. The molecule has 1 unspecified atom stereocenters. The zero-order valence-corrected chi connectivity index (χ0v) is 14.7. The molecule has 1 atom stereocenters. The standard InChI is InChI=1S/C22H26O3/c1-16(15-22(23)24)17-7-11-20(12-8-17)25-21-13-9-19(10-14-21)18-5-3-2-4-6-18/h2-8,11-12,16,19,21H,9-10,13-15H2,1H3,(H,23,24). The summed E-state index contributed by atoms with van der Waals surface area (Å²) in [4.78, 5) is 10.8. The van der Waals surface area contributed by atoms with E-state index in [2.05, 4.69) is 30.3 Å². The van der Waals surface area contributed by atoms with Crippen LogP contribution in [0.15, 0.2) is 54.6 Å². The van der Waals surface area contributed by atoms with Gasteiger partial charge in [-0.2, -0.15) is 0 Å². The molecule has 1 N–H and O–H groups in total. The second-order valence-electron chi connectivity index (χ2n) is 7.07. The first kappa shape index (κ1) is 17.5. The van der Waals surface area contributed by atoms with Gasteiger partial charge in [-0.15, -0.1) is 0 Å². The molecule has 0 radical (unpaired) electrons. The molecule has 0 heterocycles. The molecule has 1 aliphatic carbocycles. The van der Waals surface area contributed by atoms with E-state index < -0.39 is 5.97 Å². The highest BCUT2D eigenvalue weighted by molar-refractivity contribution is 5.67. The fourth-order valence-corrected chi connectivity index (χ4v) is 3.69. The largest absolute Gasteiger partial charge is 0.490 e. The highest BCUT2D eigenvalue weighted by Gasteiger charge is 2.23. The van der Waals surface area contributed by atoms with Gasteiger partial charge in [0.2, 0.25) is 0 Å². The lowest BCUT2D eigenvalue weighted by atomic mass is 9.83. The summed E-state index contributed by atoms with van der Waals surface area (Å²) in [5, 5.41) is 8.90. The summed E-state index contributed by atoms with van der Waals surface area (Å²) in [7, 11) is 0. The van der Waals surface area contributed by atoms with Crippen LogP contribution < -0.4 is 4.74 Å². The number of benzene rings is 2. The Labute approximate surface area is 149 Å². The summed E-state index contributed by atoms with van der Waals surface area (Å²) in [5.74, 6) is 0.797. The monoisotopic (exact) mass is 338 g/mol. The van der Waals surface area contributed by atoms with Crippen molar-refractivity contribution >= 4 is 5.97 Å². The van der Waals surface area contributed by atoms with E-state index in [0.29, 0.717) is 5.92 Å². The van der Waals surface area contributed by atoms with Gasteiger partial charge >= 0.3 is 5.97 Å². The Morgan fingerprint density at radius 3 is 2.28 bits per heavy atom. The van der Waals surface area contributed by atoms with Crippen LogP contribution in [0.4, 0.5) is 0 Å². The lowest BCUT2D eigenvalue weighted by molar-refractivity contribution is -0.137. The molecule has 0 amide bonds. The third-order valence-electron chi connectivity index (χ3n) is 5.18. The molecule has 25 heavy (non-hydrogen) atoms. The Morgan fingerprint density at radius 1 is 1.04 bits per heavy atom. The van der Waals surface area contributed by atoms with Crippen LogP contribution in [0.25, 0.3) is 0 Å². The predicted molar refractivity (Wildman–Crippen MR) is 99.2 cm³/mol. The normalized spacial score (nSPS) is 21.5. The van der Waals surface area contributed by atoms with E-state index in [-0.39, 0.29) is 18.4 Å². The van der Waals surface area contributed by atoms with Crippen molar-refractivity contribution in [3.8, 4) is 5.75 Å². The topological polar surface area (TPSA) is 46.5 Å². The van der Waals surface area contributed by atoms with Gasteiger partial charge in [-0.1, -0.05) is 49.4 Å². The van der Waals surface area contributed by atoms with E-state index in [0.717, 1.165) is 24.2 Å². The molecule has 0 saturated heterocycles. The van der Waals surface area contributed by atoms with E-state index >= 15 is 0 Å². The van der Waals surface area contributed by atoms with E-state index in [1.165, 1.54) is 18.4 Å². The minimum Gasteiger partial charge on any atom is -0.490 e. The first-order valence-electron chi connectivity index (χ1n) is 9.15. The summed E-state index contributed by atoms with van der Waals surface area (Å²) >= 11 is 0. The van der Waals surface area contributed by atoms with Crippen LogP contribution in [0.3, 0.4) is 0 Å². The third-order valence-corrected chi connectivity index (χ3v) is 5.18. The summed E-state index contributed by atoms with van der Waals surface area (Å²) in [6.07, 6.45) is 4.93. The highest BCUT2D eigenvalue weighted by Crippen LogP contribution is 2.34. The molecule has 3 heteroatoms. The van der Waals surface area contributed by atoms with Crippen LogP contribution >= 0.6 is 0 Å². The number of hydrogen-bond donors (Lipinski definition) is 1. The van der Waals surface area contributed by atoms with Gasteiger partial charge < -0.3 is 9.84 Å². The number of carbonyl (C=O) groups is 1. The third kappa shape index (κ3) is 4.85. The summed E-state index contributed by atoms with van der Waals surface area (Å²) in [5.41, 5.74) is 2.49. The van der Waals surface area contributed by atoms with Gasteiger partial charge in [-0.05, 0) is 60.8 Å². The van der Waals surface area contributed by atoms with Gasteiger partial charge in [0, 0.05) is 0 Å². The van der Waals surface area contributed by atoms with E-state index in [1.54, 1.807) is 0 Å². The average molecular weight is 338 g/mol. The van der Waals surface area contributed by atoms with Crippen molar-refractivity contribution in [2.75, 3.05) is 0 Å². The molecule has 3 nitrogen and oxygen atoms in total. The number of hydrogen-bond acceptors (Lipinski definition) is 2. The van der Waals surface area contributed by atoms with Crippen LogP contribution in [0, 0.1) is 0 Å². The first-order valence-corrected chi connectivity index (χ1v) is 9.15. The quantitative estimate of drug-likeness (QED) is 0.770. The maximum Gasteiger partial charge on any atom is 0.303 e. The fourth-order valence-electron chi connectivity index (χ4n) is 3.69. The molecule has 2 aromatic rings. The van der Waals surface area contributed by atoms with Crippen molar-refractivity contribution in [3.05, 3.63) is 65.7 Å². The Kier molecular flexibility index (Phi) is 5.75. The van der Waals surface area contributed by atoms with Crippen LogP contribution in [-0.2, 0) is 4.79 Å². The Morgan fingerprint density at radius 2 is 1.68 bits per heavy atom. The molecule has 1 aliphatic rings. The highest BCUT2D eigenvalue weighted by atomic mass is 16.5. The van der Waals surface area contributed by atoms with Crippen molar-refractivity contribution in [1.82, 2.24) is 0 Å². The van der Waals surface area contributed by atoms with Gasteiger partial charge in [-0.25, -0.2) is 0 Å². The molecule has 3 rings (SSSR count). The van der Waals surface area contributed by atoms with Gasteiger partial charge in [0.05, 0.1) is 12.5 Å². The van der Waals surface area contributed by atoms with Gasteiger partial charge in [0.1, 0.15) is 5.75 Å². The Balaban J connectivity index is 1.51. The molecular formula is C22H26O3. The fraction of sp³-hybridized carbons (Fsp3) is 0.409. The van der Waals surface area contributed by atoms with Gasteiger partial charge in [-0.3, -0.25) is 4.79 Å². The number of ether oxygens (including phenoxy) is 1. The van der Waals surface area contributed by atoms with Crippen LogP contribution in [-0.4, -0.2) is 17.2 Å². The van der Waals surface area contributed by atoms with Crippen molar-refractivity contribution < 1.29 is 14.6 Å². The maximum atomic E-state index is 10.8. The predicted octanol–water partition coefficient (Wildman–Crippen LogP) is 5.37. The number of rotatable bonds is 6. The molecule has 0 aromatic heterocycles. The maximum absolute atomic E-state index is 10.8. The van der Waals surface area contributed by atoms with Crippen molar-refractivity contribution in [1.29, 1.82) is 0 Å². The lowest BCUT2D eigenvalue weighted by Crippen LogP contribution is -2.23. The molecule has 0 bridgehead atoms. The van der Waals surface area contributed by atoms with E-state index in [4.69, 9.17) is 9.84 Å². The van der Waals surface area contributed by atoms with Gasteiger partial charge in [0.15, 0.2) is 0 Å². The zero-order chi connectivity index (χ0) is 17.6. The summed E-state index contributed by atoms with van der Waals surface area (Å²) in [6, 6.07) is 18.7. The second kappa shape index (κ2) is 8.19. The van der Waals surface area contributed by atoms with E-state index in [9.17, 15) is 4.79 Å². The lowest BCUT2D eigenvalue weighted by Gasteiger charge is -2.29. The summed E-state index contributed by atoms with van der Waals surface area (Å²) < 4.78 is 6.14. The number of aliphatic carboxylic acids is 1. The van der Waals surface area contributed by atoms with Crippen LogP contribution in [0.5, 0.6) is 5.75 Å². The average Bonchev–Trinajstić information content (AvgIpc) is 2.63. The molecule has 2 aromatic carbocycles. The minimum atomic E-state index is -0.761. The molecule has 1 saturated carbocycles. The minimum absolute atomic E-state index is 0.0212. The van der Waals surface area contributed by atoms with Crippen molar-refractivity contribution in [2.24, 2.45) is 0 Å². The van der Waals surface area contributed by atoms with E-state index in [1.807, 2.05) is 31.2 Å².